The lowest BCUT2D eigenvalue weighted by Crippen LogP contribution is -2.00. The Hall–Kier alpha value is -1.32. The fourth-order valence-electron chi connectivity index (χ4n) is 1.62. The molecule has 17 heavy (non-hydrogen) atoms. The summed E-state index contributed by atoms with van der Waals surface area (Å²) in [5, 5.41) is 10.2. The molecule has 0 bridgehead atoms. The number of rotatable bonds is 3. The maximum Gasteiger partial charge on any atom is 0.106 e. The minimum atomic E-state index is -0.598. The van der Waals surface area contributed by atoms with Crippen molar-refractivity contribution >= 4 is 11.8 Å². The Bertz CT molecular complexity index is 479. The number of aliphatic hydroxyl groups is 1. The lowest BCUT2D eigenvalue weighted by molar-refractivity contribution is 0.220. The largest absolute Gasteiger partial charge is 0.384 e. The molecule has 0 spiro atoms. The van der Waals surface area contributed by atoms with Crippen LogP contribution in [0.3, 0.4) is 0 Å². The highest BCUT2D eigenvalue weighted by Gasteiger charge is 2.10. The van der Waals surface area contributed by atoms with Crippen molar-refractivity contribution in [2.75, 3.05) is 6.26 Å². The Morgan fingerprint density at radius 1 is 1.06 bits per heavy atom. The molecule has 1 atom stereocenters. The third-order valence-corrected chi connectivity index (χ3v) is 3.43. The zero-order valence-electron chi connectivity index (χ0n) is 9.92. The van der Waals surface area contributed by atoms with Crippen molar-refractivity contribution in [3.05, 3.63) is 59.4 Å². The van der Waals surface area contributed by atoms with E-state index in [1.807, 2.05) is 49.6 Å². The first kappa shape index (κ1) is 12.1. The molecule has 0 aliphatic heterocycles. The second kappa shape index (κ2) is 5.34. The molecule has 2 nitrogen and oxygen atoms in total. The molecule has 0 saturated heterocycles. The minimum absolute atomic E-state index is 0.598. The van der Waals surface area contributed by atoms with Crippen molar-refractivity contribution in [2.45, 2.75) is 17.9 Å². The van der Waals surface area contributed by atoms with Gasteiger partial charge in [0, 0.05) is 22.3 Å². The van der Waals surface area contributed by atoms with Gasteiger partial charge in [-0.25, -0.2) is 0 Å². The molecule has 1 N–H and O–H groups in total. The smallest absolute Gasteiger partial charge is 0.106 e. The summed E-state index contributed by atoms with van der Waals surface area (Å²) in [5.74, 6) is 0. The molecule has 1 aromatic carbocycles. The van der Waals surface area contributed by atoms with Gasteiger partial charge in [-0.3, -0.25) is 4.98 Å². The van der Waals surface area contributed by atoms with E-state index in [1.54, 1.807) is 18.0 Å². The number of hydrogen-bond acceptors (Lipinski definition) is 3. The van der Waals surface area contributed by atoms with E-state index >= 15 is 0 Å². The Labute approximate surface area is 106 Å². The number of thioether (sulfide) groups is 1. The van der Waals surface area contributed by atoms with Gasteiger partial charge >= 0.3 is 0 Å². The first-order chi connectivity index (χ1) is 8.20. The fraction of sp³-hybridized carbons (Fsp3) is 0.214. The van der Waals surface area contributed by atoms with Crippen LogP contribution in [0.15, 0.2) is 47.5 Å². The maximum absolute atomic E-state index is 10.2. The van der Waals surface area contributed by atoms with E-state index in [0.29, 0.717) is 0 Å². The van der Waals surface area contributed by atoms with Crippen molar-refractivity contribution < 1.29 is 5.11 Å². The van der Waals surface area contributed by atoms with Crippen molar-refractivity contribution in [1.82, 2.24) is 4.98 Å². The van der Waals surface area contributed by atoms with E-state index in [9.17, 15) is 5.11 Å². The molecule has 1 heterocycles. The van der Waals surface area contributed by atoms with Gasteiger partial charge in [-0.1, -0.05) is 18.2 Å². The predicted molar refractivity (Wildman–Crippen MR) is 71.3 cm³/mol. The van der Waals surface area contributed by atoms with Gasteiger partial charge in [-0.05, 0) is 36.9 Å². The molecule has 3 heteroatoms. The lowest BCUT2D eigenvalue weighted by Gasteiger charge is -2.11. The average molecular weight is 245 g/mol. The van der Waals surface area contributed by atoms with E-state index in [0.717, 1.165) is 16.8 Å². The van der Waals surface area contributed by atoms with Gasteiger partial charge in [-0.2, -0.15) is 0 Å². The number of benzene rings is 1. The molecule has 1 unspecified atom stereocenters. The summed E-state index contributed by atoms with van der Waals surface area (Å²) >= 11 is 1.69. The van der Waals surface area contributed by atoms with Gasteiger partial charge in [0.2, 0.25) is 0 Å². The van der Waals surface area contributed by atoms with Gasteiger partial charge in [0.25, 0.3) is 0 Å². The first-order valence-electron chi connectivity index (χ1n) is 5.45. The van der Waals surface area contributed by atoms with Gasteiger partial charge in [-0.15, -0.1) is 11.8 Å². The molecule has 1 aromatic heterocycles. The highest BCUT2D eigenvalue weighted by atomic mass is 32.2. The molecular formula is C14H15NOS. The van der Waals surface area contributed by atoms with E-state index in [2.05, 4.69) is 4.98 Å². The lowest BCUT2D eigenvalue weighted by atomic mass is 10.0. The summed E-state index contributed by atoms with van der Waals surface area (Å²) in [6, 6.07) is 11.8. The minimum Gasteiger partial charge on any atom is -0.384 e. The second-order valence-electron chi connectivity index (χ2n) is 3.91. The number of pyridine rings is 1. The number of nitrogens with zero attached hydrogens (tertiary/aromatic N) is 1. The van der Waals surface area contributed by atoms with Crippen LogP contribution < -0.4 is 0 Å². The summed E-state index contributed by atoms with van der Waals surface area (Å²) in [6.45, 7) is 1.93. The number of hydrogen-bond donors (Lipinski definition) is 1. The second-order valence-corrected chi connectivity index (χ2v) is 4.79. The Morgan fingerprint density at radius 2 is 1.71 bits per heavy atom. The SMILES string of the molecule is CSc1ccc(C(O)c2ccc(C)nc2)cc1. The summed E-state index contributed by atoms with van der Waals surface area (Å²) in [4.78, 5) is 5.39. The highest BCUT2D eigenvalue weighted by Crippen LogP contribution is 2.23. The average Bonchev–Trinajstić information content (AvgIpc) is 2.39. The number of aliphatic hydroxyl groups excluding tert-OH is 1. The predicted octanol–water partition coefficient (Wildman–Crippen LogP) is 3.19. The quantitative estimate of drug-likeness (QED) is 0.843. The molecule has 0 fully saturated rings. The normalized spacial score (nSPS) is 12.4. The Kier molecular flexibility index (Phi) is 3.82. The fourth-order valence-corrected chi connectivity index (χ4v) is 2.03. The van der Waals surface area contributed by atoms with E-state index in [4.69, 9.17) is 0 Å². The zero-order chi connectivity index (χ0) is 12.3. The molecule has 2 rings (SSSR count). The highest BCUT2D eigenvalue weighted by molar-refractivity contribution is 7.98. The summed E-state index contributed by atoms with van der Waals surface area (Å²) in [7, 11) is 0. The van der Waals surface area contributed by atoms with Crippen molar-refractivity contribution in [3.8, 4) is 0 Å². The molecule has 0 aliphatic rings. The summed E-state index contributed by atoms with van der Waals surface area (Å²) in [6.07, 6.45) is 3.16. The zero-order valence-corrected chi connectivity index (χ0v) is 10.7. The molecule has 2 aromatic rings. The van der Waals surface area contributed by atoms with Crippen LogP contribution in [0, 0.1) is 6.92 Å². The van der Waals surface area contributed by atoms with Crippen LogP contribution in [-0.4, -0.2) is 16.3 Å². The van der Waals surface area contributed by atoms with Crippen LogP contribution in [0.4, 0.5) is 0 Å². The number of aromatic nitrogens is 1. The molecule has 0 radical (unpaired) electrons. The molecule has 0 saturated carbocycles. The third kappa shape index (κ3) is 2.87. The van der Waals surface area contributed by atoms with Gasteiger partial charge in [0.15, 0.2) is 0 Å². The van der Waals surface area contributed by atoms with Crippen molar-refractivity contribution in [2.24, 2.45) is 0 Å². The standard InChI is InChI=1S/C14H15NOS/c1-10-3-4-12(9-15-10)14(16)11-5-7-13(17-2)8-6-11/h3-9,14,16H,1-2H3. The van der Waals surface area contributed by atoms with Crippen LogP contribution in [0.1, 0.15) is 22.9 Å². The topological polar surface area (TPSA) is 33.1 Å². The van der Waals surface area contributed by atoms with Crippen LogP contribution >= 0.6 is 11.8 Å². The van der Waals surface area contributed by atoms with Crippen molar-refractivity contribution in [1.29, 1.82) is 0 Å². The monoisotopic (exact) mass is 245 g/mol. The Morgan fingerprint density at radius 3 is 2.24 bits per heavy atom. The van der Waals surface area contributed by atoms with Crippen molar-refractivity contribution in [3.63, 3.8) is 0 Å². The van der Waals surface area contributed by atoms with E-state index in [-0.39, 0.29) is 0 Å². The van der Waals surface area contributed by atoms with Gasteiger partial charge < -0.3 is 5.11 Å². The maximum atomic E-state index is 10.2. The van der Waals surface area contributed by atoms with Crippen LogP contribution in [-0.2, 0) is 0 Å². The van der Waals surface area contributed by atoms with E-state index in [1.165, 1.54) is 4.90 Å². The van der Waals surface area contributed by atoms with Gasteiger partial charge in [0.05, 0.1) is 0 Å². The van der Waals surface area contributed by atoms with Gasteiger partial charge in [0.1, 0.15) is 6.10 Å². The molecule has 88 valence electrons. The third-order valence-electron chi connectivity index (χ3n) is 2.68. The summed E-state index contributed by atoms with van der Waals surface area (Å²) < 4.78 is 0. The molecule has 0 amide bonds. The van der Waals surface area contributed by atoms with Crippen LogP contribution in [0.2, 0.25) is 0 Å². The summed E-state index contributed by atoms with van der Waals surface area (Å²) in [5.41, 5.74) is 2.68. The van der Waals surface area contributed by atoms with E-state index < -0.39 is 6.10 Å². The Balaban J connectivity index is 2.23. The van der Waals surface area contributed by atoms with Crippen LogP contribution in [0.5, 0.6) is 0 Å². The van der Waals surface area contributed by atoms with Crippen LogP contribution in [0.25, 0.3) is 0 Å². The first-order valence-corrected chi connectivity index (χ1v) is 6.68. The number of aryl methyl sites for hydroxylation is 1. The molecule has 0 aliphatic carbocycles. The molecular weight excluding hydrogens is 230 g/mol.